The number of hydrogen-bond acceptors (Lipinski definition) is 1. The lowest BCUT2D eigenvalue weighted by Crippen LogP contribution is -2.32. The van der Waals surface area contributed by atoms with Crippen LogP contribution in [0.1, 0.15) is 37.8 Å². The Morgan fingerprint density at radius 3 is 2.56 bits per heavy atom. The van der Waals surface area contributed by atoms with Gasteiger partial charge in [0, 0.05) is 12.6 Å². The summed E-state index contributed by atoms with van der Waals surface area (Å²) >= 11 is 0. The molecule has 16 heavy (non-hydrogen) atoms. The number of aryl methyl sites for hydroxylation is 1. The van der Waals surface area contributed by atoms with E-state index in [1.807, 2.05) is 0 Å². The first-order valence-corrected chi connectivity index (χ1v) is 6.46. The number of rotatable bonds is 3. The van der Waals surface area contributed by atoms with Gasteiger partial charge in [-0.1, -0.05) is 38.1 Å². The highest BCUT2D eigenvalue weighted by Crippen LogP contribution is 2.31. The zero-order valence-electron chi connectivity index (χ0n) is 10.7. The van der Waals surface area contributed by atoms with E-state index in [4.69, 9.17) is 0 Å². The van der Waals surface area contributed by atoms with E-state index < -0.39 is 0 Å². The fourth-order valence-electron chi connectivity index (χ4n) is 2.70. The van der Waals surface area contributed by atoms with E-state index >= 15 is 0 Å². The molecule has 1 heteroatoms. The van der Waals surface area contributed by atoms with Gasteiger partial charge in [-0.3, -0.25) is 0 Å². The van der Waals surface area contributed by atoms with Crippen LogP contribution < -0.4 is 5.32 Å². The van der Waals surface area contributed by atoms with Crippen LogP contribution in [0.3, 0.4) is 0 Å². The summed E-state index contributed by atoms with van der Waals surface area (Å²) in [4.78, 5) is 0. The summed E-state index contributed by atoms with van der Waals surface area (Å²) < 4.78 is 0. The van der Waals surface area contributed by atoms with E-state index in [2.05, 4.69) is 50.4 Å². The Morgan fingerprint density at radius 2 is 1.94 bits per heavy atom. The van der Waals surface area contributed by atoms with Gasteiger partial charge in [-0.15, -0.1) is 0 Å². The molecule has 0 bridgehead atoms. The summed E-state index contributed by atoms with van der Waals surface area (Å²) in [5.74, 6) is 1.71. The predicted octanol–water partition coefficient (Wildman–Crippen LogP) is 3.52. The second-order valence-corrected chi connectivity index (χ2v) is 5.33. The molecule has 1 aliphatic rings. The van der Waals surface area contributed by atoms with Gasteiger partial charge >= 0.3 is 0 Å². The van der Waals surface area contributed by atoms with Crippen LogP contribution in [-0.4, -0.2) is 6.04 Å². The van der Waals surface area contributed by atoms with Crippen molar-refractivity contribution in [1.82, 2.24) is 5.32 Å². The zero-order chi connectivity index (χ0) is 11.5. The van der Waals surface area contributed by atoms with E-state index in [-0.39, 0.29) is 0 Å². The summed E-state index contributed by atoms with van der Waals surface area (Å²) in [5, 5.41) is 3.72. The van der Waals surface area contributed by atoms with Gasteiger partial charge in [0.2, 0.25) is 0 Å². The monoisotopic (exact) mass is 217 g/mol. The molecule has 1 nitrogen and oxygen atoms in total. The highest BCUT2D eigenvalue weighted by atomic mass is 14.9. The van der Waals surface area contributed by atoms with Gasteiger partial charge in [0.25, 0.3) is 0 Å². The average Bonchev–Trinajstić information content (AvgIpc) is 2.59. The smallest absolute Gasteiger partial charge is 0.0210 e. The lowest BCUT2D eigenvalue weighted by atomic mass is 9.97. The molecule has 3 atom stereocenters. The van der Waals surface area contributed by atoms with Crippen LogP contribution in [0, 0.1) is 18.8 Å². The second kappa shape index (κ2) is 5.01. The molecule has 1 fully saturated rings. The third-order valence-corrected chi connectivity index (χ3v) is 4.28. The molecule has 0 aromatic heterocycles. The lowest BCUT2D eigenvalue weighted by molar-refractivity contribution is 0.369. The molecule has 1 aromatic rings. The molecule has 1 N–H and O–H groups in total. The molecule has 1 saturated carbocycles. The van der Waals surface area contributed by atoms with Gasteiger partial charge in [0.15, 0.2) is 0 Å². The first-order valence-electron chi connectivity index (χ1n) is 6.46. The Hall–Kier alpha value is -0.820. The van der Waals surface area contributed by atoms with Crippen molar-refractivity contribution in [2.45, 2.75) is 46.2 Å². The van der Waals surface area contributed by atoms with Gasteiger partial charge in [0.05, 0.1) is 0 Å². The average molecular weight is 217 g/mol. The second-order valence-electron chi connectivity index (χ2n) is 5.33. The Morgan fingerprint density at radius 1 is 1.19 bits per heavy atom. The minimum atomic E-state index is 0.717. The van der Waals surface area contributed by atoms with E-state index in [0.717, 1.165) is 24.4 Å². The molecule has 0 saturated heterocycles. The highest BCUT2D eigenvalue weighted by molar-refractivity contribution is 5.25. The van der Waals surface area contributed by atoms with Gasteiger partial charge in [-0.2, -0.15) is 0 Å². The van der Waals surface area contributed by atoms with Crippen LogP contribution in [0.5, 0.6) is 0 Å². The number of benzene rings is 1. The summed E-state index contributed by atoms with van der Waals surface area (Å²) in [7, 11) is 0. The lowest BCUT2D eigenvalue weighted by Gasteiger charge is -2.20. The van der Waals surface area contributed by atoms with Crippen molar-refractivity contribution in [3.8, 4) is 0 Å². The quantitative estimate of drug-likeness (QED) is 0.817. The molecule has 0 heterocycles. The maximum absolute atomic E-state index is 3.72. The van der Waals surface area contributed by atoms with Crippen molar-refractivity contribution in [1.29, 1.82) is 0 Å². The first kappa shape index (κ1) is 11.7. The van der Waals surface area contributed by atoms with Crippen LogP contribution in [0.15, 0.2) is 24.3 Å². The van der Waals surface area contributed by atoms with Crippen LogP contribution in [-0.2, 0) is 6.54 Å². The topological polar surface area (TPSA) is 12.0 Å². The summed E-state index contributed by atoms with van der Waals surface area (Å²) in [6.07, 6.45) is 2.72. The molecular formula is C15H23N. The van der Waals surface area contributed by atoms with Gasteiger partial charge in [0.1, 0.15) is 0 Å². The first-order chi connectivity index (χ1) is 7.68. The third-order valence-electron chi connectivity index (χ3n) is 4.28. The zero-order valence-corrected chi connectivity index (χ0v) is 10.7. The fourth-order valence-corrected chi connectivity index (χ4v) is 2.70. The van der Waals surface area contributed by atoms with Gasteiger partial charge in [-0.25, -0.2) is 0 Å². The maximum atomic E-state index is 3.72. The largest absolute Gasteiger partial charge is 0.310 e. The van der Waals surface area contributed by atoms with Crippen molar-refractivity contribution in [2.24, 2.45) is 11.8 Å². The predicted molar refractivity (Wildman–Crippen MR) is 69.4 cm³/mol. The Bertz CT molecular complexity index is 345. The van der Waals surface area contributed by atoms with Crippen LogP contribution >= 0.6 is 0 Å². The number of nitrogens with one attached hydrogen (secondary N) is 1. The molecule has 0 spiro atoms. The molecule has 2 rings (SSSR count). The van der Waals surface area contributed by atoms with Crippen molar-refractivity contribution >= 4 is 0 Å². The van der Waals surface area contributed by atoms with Crippen molar-refractivity contribution < 1.29 is 0 Å². The third kappa shape index (κ3) is 2.46. The minimum absolute atomic E-state index is 0.717. The molecule has 1 aliphatic carbocycles. The van der Waals surface area contributed by atoms with E-state index in [9.17, 15) is 0 Å². The van der Waals surface area contributed by atoms with E-state index in [0.29, 0.717) is 0 Å². The normalized spacial score (nSPS) is 29.6. The Kier molecular flexibility index (Phi) is 3.65. The summed E-state index contributed by atoms with van der Waals surface area (Å²) in [6, 6.07) is 9.38. The molecule has 0 radical (unpaired) electrons. The van der Waals surface area contributed by atoms with Crippen LogP contribution in [0.2, 0.25) is 0 Å². The van der Waals surface area contributed by atoms with Crippen molar-refractivity contribution in [2.75, 3.05) is 0 Å². The molecule has 0 aliphatic heterocycles. The van der Waals surface area contributed by atoms with Crippen LogP contribution in [0.25, 0.3) is 0 Å². The minimum Gasteiger partial charge on any atom is -0.310 e. The van der Waals surface area contributed by atoms with E-state index in [1.165, 1.54) is 24.0 Å². The summed E-state index contributed by atoms with van der Waals surface area (Å²) in [5.41, 5.74) is 2.84. The van der Waals surface area contributed by atoms with E-state index in [1.54, 1.807) is 0 Å². The molecule has 88 valence electrons. The maximum Gasteiger partial charge on any atom is 0.0210 e. The number of hydrogen-bond donors (Lipinski definition) is 1. The Balaban J connectivity index is 1.91. The molecule has 3 unspecified atom stereocenters. The SMILES string of the molecule is Cc1ccccc1CNC1CCC(C)C1C. The molecule has 1 aromatic carbocycles. The van der Waals surface area contributed by atoms with Gasteiger partial charge in [-0.05, 0) is 42.7 Å². The summed E-state index contributed by atoms with van der Waals surface area (Å²) in [6.45, 7) is 7.97. The van der Waals surface area contributed by atoms with Crippen molar-refractivity contribution in [3.63, 3.8) is 0 Å². The fraction of sp³-hybridized carbons (Fsp3) is 0.600. The van der Waals surface area contributed by atoms with Gasteiger partial charge < -0.3 is 5.32 Å². The standard InChI is InChI=1S/C15H23N/c1-11-8-9-15(13(11)3)16-10-14-7-5-4-6-12(14)2/h4-7,11,13,15-16H,8-10H2,1-3H3. The Labute approximate surface area is 99.3 Å². The highest BCUT2D eigenvalue weighted by Gasteiger charge is 2.28. The van der Waals surface area contributed by atoms with Crippen molar-refractivity contribution in [3.05, 3.63) is 35.4 Å². The molecular weight excluding hydrogens is 194 g/mol. The van der Waals surface area contributed by atoms with Crippen LogP contribution in [0.4, 0.5) is 0 Å². The molecule has 0 amide bonds.